The van der Waals surface area contributed by atoms with Crippen LogP contribution in [-0.4, -0.2) is 18.0 Å². The maximum absolute atomic E-state index is 13.8. The summed E-state index contributed by atoms with van der Waals surface area (Å²) in [7, 11) is -3.82. The third kappa shape index (κ3) is 3.77. The Kier molecular flexibility index (Phi) is 5.19. The molecular formula is C16H20F2N2O2S. The topological polar surface area (TPSA) is 52.0 Å². The number of sulfone groups is 1. The lowest BCUT2D eigenvalue weighted by molar-refractivity contribution is 0.535. The van der Waals surface area contributed by atoms with Crippen molar-refractivity contribution in [3.8, 4) is 0 Å². The zero-order valence-electron chi connectivity index (χ0n) is 13.4. The van der Waals surface area contributed by atoms with Gasteiger partial charge < -0.3 is 4.57 Å². The fraction of sp³-hybridized carbons (Fsp3) is 0.438. The van der Waals surface area contributed by atoms with E-state index in [2.05, 4.69) is 4.98 Å². The Morgan fingerprint density at radius 3 is 2.52 bits per heavy atom. The Hall–Kier alpha value is -1.76. The van der Waals surface area contributed by atoms with Crippen LogP contribution in [0.15, 0.2) is 23.4 Å². The van der Waals surface area contributed by atoms with Crippen LogP contribution in [0.1, 0.15) is 36.7 Å². The van der Waals surface area contributed by atoms with E-state index in [9.17, 15) is 17.2 Å². The molecule has 0 aliphatic heterocycles. The first-order valence-corrected chi connectivity index (χ1v) is 9.12. The largest absolute Gasteiger partial charge is 0.319 e. The van der Waals surface area contributed by atoms with E-state index >= 15 is 0 Å². The second-order valence-electron chi connectivity index (χ2n) is 5.57. The summed E-state index contributed by atoms with van der Waals surface area (Å²) in [6, 6.07) is 2.89. The van der Waals surface area contributed by atoms with Crippen molar-refractivity contribution in [1.82, 2.24) is 9.55 Å². The van der Waals surface area contributed by atoms with E-state index < -0.39 is 27.2 Å². The number of hydrogen-bond donors (Lipinski definition) is 0. The average molecular weight is 342 g/mol. The second kappa shape index (κ2) is 6.78. The summed E-state index contributed by atoms with van der Waals surface area (Å²) in [5, 5.41) is -0.0512. The van der Waals surface area contributed by atoms with Gasteiger partial charge in [-0.3, -0.25) is 0 Å². The Balaban J connectivity index is 2.41. The van der Waals surface area contributed by atoms with Gasteiger partial charge in [-0.1, -0.05) is 19.4 Å². The molecule has 126 valence electrons. The number of nitrogens with zero attached hydrogens (tertiary/aromatic N) is 2. The second-order valence-corrected chi connectivity index (χ2v) is 7.45. The fourth-order valence-corrected chi connectivity index (χ4v) is 3.96. The zero-order valence-corrected chi connectivity index (χ0v) is 14.3. The minimum atomic E-state index is -3.82. The summed E-state index contributed by atoms with van der Waals surface area (Å²) in [6.07, 6.45) is 1.74. The minimum Gasteiger partial charge on any atom is -0.319 e. The van der Waals surface area contributed by atoms with Gasteiger partial charge in [-0.25, -0.2) is 22.2 Å². The first-order valence-electron chi connectivity index (χ1n) is 7.46. The first kappa shape index (κ1) is 17.6. The molecule has 2 aromatic rings. The highest BCUT2D eigenvalue weighted by molar-refractivity contribution is 7.90. The maximum atomic E-state index is 13.8. The van der Waals surface area contributed by atoms with Gasteiger partial charge in [-0.05, 0) is 26.3 Å². The van der Waals surface area contributed by atoms with Crippen LogP contribution in [-0.2, 0) is 22.1 Å². The van der Waals surface area contributed by atoms with Gasteiger partial charge in [-0.2, -0.15) is 0 Å². The van der Waals surface area contributed by atoms with Gasteiger partial charge in [0.2, 0.25) is 15.0 Å². The lowest BCUT2D eigenvalue weighted by Gasteiger charge is -2.10. The summed E-state index contributed by atoms with van der Waals surface area (Å²) in [6.45, 7) is 6.12. The van der Waals surface area contributed by atoms with Crippen molar-refractivity contribution in [2.45, 2.75) is 51.1 Å². The molecule has 0 radical (unpaired) electrons. The van der Waals surface area contributed by atoms with E-state index in [-0.39, 0.29) is 10.7 Å². The van der Waals surface area contributed by atoms with Crippen LogP contribution < -0.4 is 0 Å². The van der Waals surface area contributed by atoms with Crippen molar-refractivity contribution < 1.29 is 17.2 Å². The molecule has 23 heavy (non-hydrogen) atoms. The number of halogens is 2. The average Bonchev–Trinajstić information content (AvgIpc) is 2.76. The summed E-state index contributed by atoms with van der Waals surface area (Å²) < 4.78 is 53.7. The number of aryl methyl sites for hydroxylation is 1. The molecule has 4 nitrogen and oxygen atoms in total. The van der Waals surface area contributed by atoms with Gasteiger partial charge in [0.1, 0.15) is 11.6 Å². The smallest absolute Gasteiger partial charge is 0.228 e. The Morgan fingerprint density at radius 1 is 1.22 bits per heavy atom. The lowest BCUT2D eigenvalue weighted by Crippen LogP contribution is -2.15. The van der Waals surface area contributed by atoms with Crippen LogP contribution in [0, 0.1) is 25.5 Å². The van der Waals surface area contributed by atoms with Crippen molar-refractivity contribution in [3.63, 3.8) is 0 Å². The van der Waals surface area contributed by atoms with E-state index in [0.717, 1.165) is 30.7 Å². The van der Waals surface area contributed by atoms with Gasteiger partial charge in [0.25, 0.3) is 0 Å². The Bertz CT molecular complexity index is 814. The van der Waals surface area contributed by atoms with E-state index in [1.165, 1.54) is 0 Å². The molecular weight excluding hydrogens is 322 g/mol. The molecule has 0 aliphatic rings. The molecule has 0 saturated carbocycles. The van der Waals surface area contributed by atoms with Crippen molar-refractivity contribution in [2.24, 2.45) is 0 Å². The lowest BCUT2D eigenvalue weighted by atomic mass is 10.2. The first-order chi connectivity index (χ1) is 10.8. The van der Waals surface area contributed by atoms with Crippen LogP contribution in [0.3, 0.4) is 0 Å². The van der Waals surface area contributed by atoms with Crippen molar-refractivity contribution >= 4 is 9.84 Å². The molecule has 0 bridgehead atoms. The monoisotopic (exact) mass is 342 g/mol. The normalized spacial score (nSPS) is 11.9. The molecule has 0 fully saturated rings. The highest BCUT2D eigenvalue weighted by atomic mass is 32.2. The zero-order chi connectivity index (χ0) is 17.2. The van der Waals surface area contributed by atoms with Crippen LogP contribution in [0.2, 0.25) is 0 Å². The number of hydrogen-bond acceptors (Lipinski definition) is 3. The molecule has 0 amide bonds. The molecule has 0 saturated heterocycles. The summed E-state index contributed by atoms with van der Waals surface area (Å²) >= 11 is 0. The Morgan fingerprint density at radius 2 is 1.91 bits per heavy atom. The molecule has 7 heteroatoms. The molecule has 0 unspecified atom stereocenters. The van der Waals surface area contributed by atoms with E-state index in [4.69, 9.17) is 0 Å². The highest BCUT2D eigenvalue weighted by Gasteiger charge is 2.25. The third-order valence-corrected chi connectivity index (χ3v) is 5.36. The van der Waals surface area contributed by atoms with Crippen LogP contribution >= 0.6 is 0 Å². The molecule has 0 N–H and O–H groups in total. The number of unbranched alkanes of at least 4 members (excludes halogenated alkanes) is 1. The molecule has 2 rings (SSSR count). The highest BCUT2D eigenvalue weighted by Crippen LogP contribution is 2.22. The van der Waals surface area contributed by atoms with E-state index in [1.54, 1.807) is 11.5 Å². The minimum absolute atomic E-state index is 0.0512. The maximum Gasteiger partial charge on any atom is 0.228 e. The number of aromatic nitrogens is 2. The van der Waals surface area contributed by atoms with Gasteiger partial charge in [0, 0.05) is 23.9 Å². The number of imidazole rings is 1. The molecule has 0 spiro atoms. The van der Waals surface area contributed by atoms with Gasteiger partial charge in [0.15, 0.2) is 0 Å². The standard InChI is InChI=1S/C16H20F2N2O2S/c1-4-5-8-20-12(3)11(2)19-16(20)23(21,22)10-13-6-7-14(17)9-15(13)18/h6-7,9H,4-5,8,10H2,1-3H3. The molecule has 0 aliphatic carbocycles. The third-order valence-electron chi connectivity index (χ3n) is 3.80. The van der Waals surface area contributed by atoms with Crippen molar-refractivity contribution in [1.29, 1.82) is 0 Å². The predicted molar refractivity (Wildman–Crippen MR) is 83.9 cm³/mol. The summed E-state index contributed by atoms with van der Waals surface area (Å²) in [4.78, 5) is 4.16. The molecule has 1 aromatic carbocycles. The molecule has 1 heterocycles. The predicted octanol–water partition coefficient (Wildman–Crippen LogP) is 3.55. The van der Waals surface area contributed by atoms with Gasteiger partial charge >= 0.3 is 0 Å². The SMILES string of the molecule is CCCCn1c(S(=O)(=O)Cc2ccc(F)cc2F)nc(C)c1C. The quantitative estimate of drug-likeness (QED) is 0.807. The van der Waals surface area contributed by atoms with Crippen LogP contribution in [0.5, 0.6) is 0 Å². The van der Waals surface area contributed by atoms with Crippen LogP contribution in [0.4, 0.5) is 8.78 Å². The number of rotatable bonds is 6. The number of benzene rings is 1. The van der Waals surface area contributed by atoms with Crippen LogP contribution in [0.25, 0.3) is 0 Å². The van der Waals surface area contributed by atoms with Gasteiger partial charge in [0.05, 0.1) is 11.4 Å². The summed E-state index contributed by atoms with van der Waals surface area (Å²) in [5.41, 5.74) is 1.36. The fourth-order valence-electron chi connectivity index (χ4n) is 2.35. The van der Waals surface area contributed by atoms with Crippen molar-refractivity contribution in [3.05, 3.63) is 46.8 Å². The van der Waals surface area contributed by atoms with Crippen molar-refractivity contribution in [2.75, 3.05) is 0 Å². The van der Waals surface area contributed by atoms with E-state index in [0.29, 0.717) is 18.3 Å². The summed E-state index contributed by atoms with van der Waals surface area (Å²) in [5.74, 6) is -2.14. The van der Waals surface area contributed by atoms with E-state index in [1.807, 2.05) is 13.8 Å². The van der Waals surface area contributed by atoms with Gasteiger partial charge in [-0.15, -0.1) is 0 Å². The molecule has 1 aromatic heterocycles. The molecule has 0 atom stereocenters. The Labute approximate surface area is 135 Å².